The van der Waals surface area contributed by atoms with Crippen LogP contribution in [-0.4, -0.2) is 25.5 Å². The first-order valence-corrected chi connectivity index (χ1v) is 10.2. The molecule has 0 spiro atoms. The molecule has 0 aliphatic carbocycles. The largest absolute Gasteiger partial charge is 0.573 e. The second-order valence-corrected chi connectivity index (χ2v) is 7.83. The molecule has 3 nitrogen and oxygen atoms in total. The highest BCUT2D eigenvalue weighted by Gasteiger charge is 2.31. The lowest BCUT2D eigenvalue weighted by atomic mass is 10.0. The van der Waals surface area contributed by atoms with Crippen molar-refractivity contribution < 1.29 is 17.9 Å². The number of benzene rings is 2. The Labute approximate surface area is 165 Å². The number of alkyl halides is 3. The van der Waals surface area contributed by atoms with Gasteiger partial charge >= 0.3 is 6.36 Å². The van der Waals surface area contributed by atoms with Gasteiger partial charge in [-0.15, -0.1) is 24.5 Å². The van der Waals surface area contributed by atoms with Gasteiger partial charge in [0.1, 0.15) is 5.75 Å². The van der Waals surface area contributed by atoms with Crippen molar-refractivity contribution in [2.75, 3.05) is 18.0 Å². The van der Waals surface area contributed by atoms with Crippen molar-refractivity contribution in [3.8, 4) is 5.75 Å². The molecule has 1 fully saturated rings. The Morgan fingerprint density at radius 1 is 1.04 bits per heavy atom. The highest BCUT2D eigenvalue weighted by Crippen LogP contribution is 2.36. The maximum atomic E-state index is 12.4. The zero-order valence-corrected chi connectivity index (χ0v) is 16.0. The fourth-order valence-electron chi connectivity index (χ4n) is 3.71. The Bertz CT molecular complexity index is 917. The van der Waals surface area contributed by atoms with Crippen molar-refractivity contribution in [2.45, 2.75) is 31.8 Å². The molecule has 1 aliphatic heterocycles. The van der Waals surface area contributed by atoms with Gasteiger partial charge < -0.3 is 15.0 Å². The molecule has 0 bridgehead atoms. The quantitative estimate of drug-likeness (QED) is 0.601. The number of piperidine rings is 1. The standard InChI is InChI=1S/C21H21F3N2OS/c22-21(23,24)27-17-7-5-15(6-8-17)13-26(16-9-11-25-12-10-16)19-14-28-20-4-2-1-3-18(19)20/h1-8,14,16,25H,9-13H2. The number of halogens is 3. The minimum atomic E-state index is -4.67. The zero-order chi connectivity index (χ0) is 19.6. The van der Waals surface area contributed by atoms with Crippen molar-refractivity contribution in [3.05, 3.63) is 59.5 Å². The van der Waals surface area contributed by atoms with E-state index in [0.717, 1.165) is 31.5 Å². The molecule has 1 saturated heterocycles. The number of hydrogen-bond donors (Lipinski definition) is 1. The van der Waals surface area contributed by atoms with Gasteiger partial charge in [0.2, 0.25) is 0 Å². The van der Waals surface area contributed by atoms with E-state index in [2.05, 4.69) is 32.5 Å². The van der Waals surface area contributed by atoms with E-state index < -0.39 is 6.36 Å². The molecule has 2 aromatic carbocycles. The molecule has 2 heterocycles. The minimum Gasteiger partial charge on any atom is -0.406 e. The second-order valence-electron chi connectivity index (χ2n) is 6.92. The summed E-state index contributed by atoms with van der Waals surface area (Å²) in [6.45, 7) is 2.60. The van der Waals surface area contributed by atoms with E-state index in [1.165, 1.54) is 27.9 Å². The smallest absolute Gasteiger partial charge is 0.406 e. The Balaban J connectivity index is 1.61. The van der Waals surface area contributed by atoms with Crippen LogP contribution >= 0.6 is 11.3 Å². The normalized spacial score (nSPS) is 15.7. The van der Waals surface area contributed by atoms with Crippen molar-refractivity contribution in [3.63, 3.8) is 0 Å². The third-order valence-electron chi connectivity index (χ3n) is 5.03. The Kier molecular flexibility index (Phi) is 5.46. The van der Waals surface area contributed by atoms with Gasteiger partial charge in [-0.25, -0.2) is 0 Å². The number of fused-ring (bicyclic) bond motifs is 1. The van der Waals surface area contributed by atoms with E-state index in [1.54, 1.807) is 23.5 Å². The summed E-state index contributed by atoms with van der Waals surface area (Å²) >= 11 is 1.72. The van der Waals surface area contributed by atoms with Crippen LogP contribution in [0.2, 0.25) is 0 Å². The summed E-state index contributed by atoms with van der Waals surface area (Å²) in [4.78, 5) is 2.40. The summed E-state index contributed by atoms with van der Waals surface area (Å²) in [6, 6.07) is 14.9. The van der Waals surface area contributed by atoms with E-state index in [-0.39, 0.29) is 5.75 Å². The molecule has 1 aromatic heterocycles. The second kappa shape index (κ2) is 8.01. The number of nitrogens with zero attached hydrogens (tertiary/aromatic N) is 1. The molecule has 0 atom stereocenters. The molecular formula is C21H21F3N2OS. The van der Waals surface area contributed by atoms with Gasteiger partial charge in [-0.1, -0.05) is 30.3 Å². The molecule has 28 heavy (non-hydrogen) atoms. The lowest BCUT2D eigenvalue weighted by Gasteiger charge is -2.36. The molecule has 0 amide bonds. The van der Waals surface area contributed by atoms with Crippen LogP contribution in [0.5, 0.6) is 5.75 Å². The van der Waals surface area contributed by atoms with Gasteiger partial charge in [0, 0.05) is 28.1 Å². The maximum absolute atomic E-state index is 12.4. The van der Waals surface area contributed by atoms with E-state index >= 15 is 0 Å². The fourth-order valence-corrected chi connectivity index (χ4v) is 4.67. The SMILES string of the molecule is FC(F)(F)Oc1ccc(CN(c2csc3ccccc23)C2CCNCC2)cc1. The van der Waals surface area contributed by atoms with Crippen LogP contribution < -0.4 is 15.0 Å². The first-order chi connectivity index (χ1) is 13.5. The lowest BCUT2D eigenvalue weighted by Crippen LogP contribution is -2.42. The lowest BCUT2D eigenvalue weighted by molar-refractivity contribution is -0.274. The van der Waals surface area contributed by atoms with E-state index in [4.69, 9.17) is 0 Å². The predicted molar refractivity (Wildman–Crippen MR) is 107 cm³/mol. The van der Waals surface area contributed by atoms with E-state index in [9.17, 15) is 13.2 Å². The molecule has 3 aromatic rings. The number of nitrogens with one attached hydrogen (secondary N) is 1. The topological polar surface area (TPSA) is 24.5 Å². The van der Waals surface area contributed by atoms with Gasteiger partial charge in [-0.3, -0.25) is 0 Å². The van der Waals surface area contributed by atoms with Crippen LogP contribution in [0.25, 0.3) is 10.1 Å². The van der Waals surface area contributed by atoms with Crippen molar-refractivity contribution in [1.29, 1.82) is 0 Å². The highest BCUT2D eigenvalue weighted by atomic mass is 32.1. The average molecular weight is 406 g/mol. The van der Waals surface area contributed by atoms with Crippen LogP contribution in [0.15, 0.2) is 53.9 Å². The molecule has 0 unspecified atom stereocenters. The molecule has 1 aliphatic rings. The van der Waals surface area contributed by atoms with Gasteiger partial charge in [0.25, 0.3) is 0 Å². The number of ether oxygens (including phenoxy) is 1. The average Bonchev–Trinajstić information content (AvgIpc) is 3.11. The van der Waals surface area contributed by atoms with Crippen molar-refractivity contribution in [2.24, 2.45) is 0 Å². The fraction of sp³-hybridized carbons (Fsp3) is 0.333. The number of rotatable bonds is 5. The predicted octanol–water partition coefficient (Wildman–Crippen LogP) is 5.56. The molecule has 148 valence electrons. The molecule has 4 rings (SSSR count). The minimum absolute atomic E-state index is 0.189. The van der Waals surface area contributed by atoms with Crippen LogP contribution in [0.4, 0.5) is 18.9 Å². The summed E-state index contributed by atoms with van der Waals surface area (Å²) in [6.07, 6.45) is -2.59. The number of thiophene rings is 1. The van der Waals surface area contributed by atoms with Crippen LogP contribution in [-0.2, 0) is 6.54 Å². The summed E-state index contributed by atoms with van der Waals surface area (Å²) in [7, 11) is 0. The van der Waals surface area contributed by atoms with E-state index in [1.807, 2.05) is 12.1 Å². The van der Waals surface area contributed by atoms with Crippen LogP contribution in [0.1, 0.15) is 18.4 Å². The summed E-state index contributed by atoms with van der Waals surface area (Å²) < 4.78 is 42.4. The van der Waals surface area contributed by atoms with Crippen molar-refractivity contribution >= 4 is 27.1 Å². The third-order valence-corrected chi connectivity index (χ3v) is 5.98. The van der Waals surface area contributed by atoms with Gasteiger partial charge in [-0.2, -0.15) is 0 Å². The molecular weight excluding hydrogens is 385 g/mol. The Hall–Kier alpha value is -2.25. The van der Waals surface area contributed by atoms with Crippen molar-refractivity contribution in [1.82, 2.24) is 5.32 Å². The van der Waals surface area contributed by atoms with Gasteiger partial charge in [0.15, 0.2) is 0 Å². The van der Waals surface area contributed by atoms with Crippen LogP contribution in [0.3, 0.4) is 0 Å². The van der Waals surface area contributed by atoms with Gasteiger partial charge in [0.05, 0.1) is 5.69 Å². The van der Waals surface area contributed by atoms with Gasteiger partial charge in [-0.05, 0) is 49.7 Å². The zero-order valence-electron chi connectivity index (χ0n) is 15.2. The monoisotopic (exact) mass is 406 g/mol. The molecule has 0 radical (unpaired) electrons. The molecule has 1 N–H and O–H groups in total. The first kappa shape index (κ1) is 19.1. The first-order valence-electron chi connectivity index (χ1n) is 9.28. The Morgan fingerprint density at radius 2 is 1.75 bits per heavy atom. The summed E-state index contributed by atoms with van der Waals surface area (Å²) in [5, 5.41) is 6.81. The Morgan fingerprint density at radius 3 is 2.46 bits per heavy atom. The van der Waals surface area contributed by atoms with E-state index in [0.29, 0.717) is 12.6 Å². The maximum Gasteiger partial charge on any atom is 0.573 e. The third kappa shape index (κ3) is 4.42. The summed E-state index contributed by atoms with van der Waals surface area (Å²) in [5.41, 5.74) is 2.16. The highest BCUT2D eigenvalue weighted by molar-refractivity contribution is 7.17. The number of hydrogen-bond acceptors (Lipinski definition) is 4. The summed E-state index contributed by atoms with van der Waals surface area (Å²) in [5.74, 6) is -0.189. The molecule has 0 saturated carbocycles. The molecule has 7 heteroatoms. The van der Waals surface area contributed by atoms with Crippen LogP contribution in [0, 0.1) is 0 Å². The number of anilines is 1.